The highest BCUT2D eigenvalue weighted by Crippen LogP contribution is 2.42. The molecule has 0 aromatic heterocycles. The minimum absolute atomic E-state index is 0.0614. The molecule has 1 aromatic carbocycles. The van der Waals surface area contributed by atoms with Gasteiger partial charge < -0.3 is 14.7 Å². The smallest absolute Gasteiger partial charge is 0.119 e. The molecule has 1 fully saturated rings. The van der Waals surface area contributed by atoms with Crippen LogP contribution < -0.4 is 4.74 Å². The third kappa shape index (κ3) is 3.10. The normalized spacial score (nSPS) is 35.8. The van der Waals surface area contributed by atoms with Crippen LogP contribution in [0.4, 0.5) is 0 Å². The molecule has 0 bridgehead atoms. The zero-order chi connectivity index (χ0) is 20.7. The van der Waals surface area contributed by atoms with Gasteiger partial charge in [-0.3, -0.25) is 0 Å². The van der Waals surface area contributed by atoms with Gasteiger partial charge in [0.1, 0.15) is 5.75 Å². The molecule has 0 unspecified atom stereocenters. The molecule has 0 heterocycles. The van der Waals surface area contributed by atoms with Gasteiger partial charge in [-0.05, 0) is 44.5 Å². The Morgan fingerprint density at radius 1 is 1.53 bits per heavy atom. The summed E-state index contributed by atoms with van der Waals surface area (Å²) < 4.78 is 67.6. The lowest BCUT2D eigenvalue weighted by Crippen LogP contribution is -2.43. The van der Waals surface area contributed by atoms with E-state index in [2.05, 4.69) is 0 Å². The van der Waals surface area contributed by atoms with E-state index in [0.29, 0.717) is 24.2 Å². The Kier molecular flexibility index (Phi) is 2.21. The van der Waals surface area contributed by atoms with Crippen molar-refractivity contribution in [2.24, 2.45) is 5.92 Å². The second-order valence-corrected chi connectivity index (χ2v) is 4.92. The summed E-state index contributed by atoms with van der Waals surface area (Å²) in [6.45, 7) is -9.18. The van der Waals surface area contributed by atoms with Crippen molar-refractivity contribution in [3.63, 3.8) is 0 Å². The fraction of sp³-hybridized carbons (Fsp3) is 0.625. The number of benzene rings is 1. The molecule has 1 saturated carbocycles. The highest BCUT2D eigenvalue weighted by molar-refractivity contribution is 5.33. The Morgan fingerprint density at radius 2 is 2.37 bits per heavy atom. The molecule has 3 nitrogen and oxygen atoms in total. The van der Waals surface area contributed by atoms with E-state index in [1.54, 1.807) is 24.3 Å². The summed E-state index contributed by atoms with van der Waals surface area (Å²) in [6.07, 6.45) is 1.53. The maximum Gasteiger partial charge on any atom is 0.119 e. The summed E-state index contributed by atoms with van der Waals surface area (Å²) in [5.74, 6) is -0.777. The summed E-state index contributed by atoms with van der Waals surface area (Å²) in [7, 11) is 1.46. The van der Waals surface area contributed by atoms with E-state index in [1.165, 1.54) is 7.11 Å². The molecule has 0 aliphatic heterocycles. The van der Waals surface area contributed by atoms with Gasteiger partial charge in [-0.25, -0.2) is 0 Å². The monoisotopic (exact) mass is 271 g/mol. The Morgan fingerprint density at radius 3 is 3.11 bits per heavy atom. The van der Waals surface area contributed by atoms with Crippen LogP contribution in [0.2, 0.25) is 0 Å². The quantitative estimate of drug-likeness (QED) is 0.914. The van der Waals surface area contributed by atoms with Gasteiger partial charge in [-0.15, -0.1) is 0 Å². The van der Waals surface area contributed by atoms with Crippen LogP contribution in [-0.2, 0) is 5.60 Å². The lowest BCUT2D eigenvalue weighted by Gasteiger charge is -2.41. The number of rotatable bonds is 4. The van der Waals surface area contributed by atoms with Crippen molar-refractivity contribution in [1.82, 2.24) is 4.90 Å². The van der Waals surface area contributed by atoms with E-state index in [0.717, 1.165) is 0 Å². The first kappa shape index (κ1) is 7.09. The maximum absolute atomic E-state index is 11.4. The van der Waals surface area contributed by atoms with Crippen LogP contribution in [0, 0.1) is 5.92 Å². The molecule has 0 spiro atoms. The van der Waals surface area contributed by atoms with E-state index in [9.17, 15) is 5.11 Å². The van der Waals surface area contributed by atoms with Crippen LogP contribution in [0.5, 0.6) is 5.75 Å². The molecule has 0 amide bonds. The van der Waals surface area contributed by atoms with E-state index in [-0.39, 0.29) is 17.7 Å². The first-order valence-electron chi connectivity index (χ1n) is 10.4. The van der Waals surface area contributed by atoms with Gasteiger partial charge in [-0.1, -0.05) is 25.0 Å². The molecule has 0 saturated heterocycles. The fourth-order valence-electron chi connectivity index (χ4n) is 2.72. The number of hydrogen-bond acceptors (Lipinski definition) is 3. The third-order valence-corrected chi connectivity index (χ3v) is 3.73. The lowest BCUT2D eigenvalue weighted by atomic mass is 9.71. The van der Waals surface area contributed by atoms with Gasteiger partial charge >= 0.3 is 0 Å². The molecular weight excluding hydrogens is 238 g/mol. The van der Waals surface area contributed by atoms with Gasteiger partial charge in [0.15, 0.2) is 0 Å². The highest BCUT2D eigenvalue weighted by atomic mass is 16.5. The summed E-state index contributed by atoms with van der Waals surface area (Å²) in [4.78, 5) is -0.0614. The van der Waals surface area contributed by atoms with E-state index < -0.39 is 32.0 Å². The molecule has 2 rings (SSSR count). The predicted molar refractivity (Wildman–Crippen MR) is 77.4 cm³/mol. The summed E-state index contributed by atoms with van der Waals surface area (Å²) >= 11 is 0. The molecule has 106 valence electrons. The average molecular weight is 271 g/mol. The predicted octanol–water partition coefficient (Wildman–Crippen LogP) is 2.63. The van der Waals surface area contributed by atoms with Crippen LogP contribution in [0.25, 0.3) is 0 Å². The molecule has 19 heavy (non-hydrogen) atoms. The Hall–Kier alpha value is -1.06. The van der Waals surface area contributed by atoms with Gasteiger partial charge in [-0.2, -0.15) is 0 Å². The number of aliphatic hydroxyl groups is 1. The van der Waals surface area contributed by atoms with Crippen LogP contribution in [0.3, 0.4) is 0 Å². The van der Waals surface area contributed by atoms with E-state index in [1.807, 2.05) is 0 Å². The standard InChI is InChI=1S/C16H25NO2/c1-17(2)12-14-7-4-5-10-16(14,18)13-8-6-9-15(11-13)19-3/h6,8-9,11,14,18H,4-5,7,10,12H2,1-3H3/t14-,16+/m1/s1/i1D3,2D3,12D2. The number of nitrogens with zero attached hydrogens (tertiary/aromatic N) is 1. The van der Waals surface area contributed by atoms with Crippen molar-refractivity contribution in [2.45, 2.75) is 31.3 Å². The molecule has 1 N–H and O–H groups in total. The Balaban J connectivity index is 2.57. The summed E-state index contributed by atoms with van der Waals surface area (Å²) in [5.41, 5.74) is -1.34. The second kappa shape index (κ2) is 5.93. The first-order valence-corrected chi connectivity index (χ1v) is 6.42. The molecule has 2 atom stereocenters. The highest BCUT2D eigenvalue weighted by Gasteiger charge is 2.40. The Labute approximate surface area is 127 Å². The topological polar surface area (TPSA) is 32.7 Å². The Bertz CT molecular complexity index is 647. The molecule has 1 aliphatic carbocycles. The molecule has 1 aliphatic rings. The van der Waals surface area contributed by atoms with Crippen molar-refractivity contribution in [3.8, 4) is 5.75 Å². The average Bonchev–Trinajstić information content (AvgIpc) is 2.51. The van der Waals surface area contributed by atoms with Crippen molar-refractivity contribution < 1.29 is 20.8 Å². The minimum Gasteiger partial charge on any atom is -0.497 e. The van der Waals surface area contributed by atoms with Crippen LogP contribution in [-0.4, -0.2) is 37.6 Å². The third-order valence-electron chi connectivity index (χ3n) is 3.73. The molecule has 3 heteroatoms. The second-order valence-electron chi connectivity index (χ2n) is 4.92. The molecular formula is C16H25NO2. The summed E-state index contributed by atoms with van der Waals surface area (Å²) in [6, 6.07) is 6.52. The maximum atomic E-state index is 11.4. The lowest BCUT2D eigenvalue weighted by molar-refractivity contribution is -0.0619. The van der Waals surface area contributed by atoms with Gasteiger partial charge in [0.2, 0.25) is 0 Å². The van der Waals surface area contributed by atoms with Crippen molar-refractivity contribution >= 4 is 0 Å². The molecule has 0 radical (unpaired) electrons. The zero-order valence-electron chi connectivity index (χ0n) is 19.0. The van der Waals surface area contributed by atoms with E-state index >= 15 is 0 Å². The largest absolute Gasteiger partial charge is 0.497 e. The SMILES string of the molecule is [2H]C([2H])([2H])N(C([2H])([2H])[2H])C([2H])([2H])[C@H]1CCCC[C@]1(O)c1cccc(OC)c1. The van der Waals surface area contributed by atoms with Crippen molar-refractivity contribution in [1.29, 1.82) is 0 Å². The van der Waals surface area contributed by atoms with Crippen molar-refractivity contribution in [3.05, 3.63) is 29.8 Å². The fourth-order valence-corrected chi connectivity index (χ4v) is 2.72. The van der Waals surface area contributed by atoms with Gasteiger partial charge in [0.05, 0.1) is 12.7 Å². The summed E-state index contributed by atoms with van der Waals surface area (Å²) in [5, 5.41) is 11.4. The first-order chi connectivity index (χ1) is 12.2. The number of hydrogen-bond donors (Lipinski definition) is 1. The van der Waals surface area contributed by atoms with Crippen LogP contribution >= 0.6 is 0 Å². The van der Waals surface area contributed by atoms with E-state index in [4.69, 9.17) is 15.7 Å². The number of ether oxygens (including phenoxy) is 1. The van der Waals surface area contributed by atoms with Gasteiger partial charge in [0.25, 0.3) is 0 Å². The number of methoxy groups -OCH3 is 1. The van der Waals surface area contributed by atoms with Crippen LogP contribution in [0.15, 0.2) is 24.3 Å². The molecule has 1 aromatic rings. The van der Waals surface area contributed by atoms with Gasteiger partial charge in [0, 0.05) is 23.4 Å². The minimum atomic E-state index is -3.19. The van der Waals surface area contributed by atoms with Crippen LogP contribution in [0.1, 0.15) is 42.2 Å². The van der Waals surface area contributed by atoms with Crippen molar-refractivity contribution in [2.75, 3.05) is 27.6 Å². The zero-order valence-corrected chi connectivity index (χ0v) is 11.0.